The lowest BCUT2D eigenvalue weighted by atomic mass is 9.50. The van der Waals surface area contributed by atoms with Gasteiger partial charge in [0.05, 0.1) is 5.56 Å². The summed E-state index contributed by atoms with van der Waals surface area (Å²) < 4.78 is 93.0. The minimum absolute atomic E-state index is 0.245. The van der Waals surface area contributed by atoms with Crippen LogP contribution in [0.5, 0.6) is 5.75 Å². The molecule has 0 radical (unpaired) electrons. The number of nitrogens with zero attached hydrogens (tertiary/aromatic N) is 2. The molecule has 4 rings (SSSR count). The second-order valence-electron chi connectivity index (χ2n) is 7.76. The van der Waals surface area contributed by atoms with Gasteiger partial charge in [-0.2, -0.15) is 36.9 Å². The summed E-state index contributed by atoms with van der Waals surface area (Å²) in [6.45, 7) is 2.44. The first-order valence-corrected chi connectivity index (χ1v) is 8.56. The van der Waals surface area contributed by atoms with Gasteiger partial charge in [-0.05, 0) is 44.2 Å². The number of ether oxygens (including phenoxy) is 1. The molecule has 0 aromatic heterocycles. The van der Waals surface area contributed by atoms with E-state index in [0.29, 0.717) is 5.56 Å². The van der Waals surface area contributed by atoms with Crippen LogP contribution in [0.2, 0.25) is 0 Å². The molecule has 0 saturated heterocycles. The summed E-state index contributed by atoms with van der Waals surface area (Å²) in [5.74, 6) is -10.4. The number of hydrogen-bond donors (Lipinski definition) is 0. The van der Waals surface area contributed by atoms with Crippen LogP contribution < -0.4 is 4.74 Å². The average Bonchev–Trinajstić information content (AvgIpc) is 2.61. The SMILES string of the molecule is Cc1ccc(OC(F)(F)C23CCC(C)(CC2)C(F)(F)C3(F)F)c(C#N)c1C#N. The number of hydrogen-bond acceptors (Lipinski definition) is 3. The van der Waals surface area contributed by atoms with E-state index in [2.05, 4.69) is 4.74 Å². The maximum atomic E-state index is 15.1. The van der Waals surface area contributed by atoms with Crippen molar-refractivity contribution in [2.75, 3.05) is 0 Å². The van der Waals surface area contributed by atoms with Crippen LogP contribution in [-0.4, -0.2) is 18.0 Å². The number of rotatable bonds is 3. The summed E-state index contributed by atoms with van der Waals surface area (Å²) in [6.07, 6.45) is -7.39. The van der Waals surface area contributed by atoms with E-state index in [0.717, 1.165) is 13.0 Å². The van der Waals surface area contributed by atoms with E-state index in [1.165, 1.54) is 13.0 Å². The molecule has 0 aliphatic heterocycles. The molecule has 3 nitrogen and oxygen atoms in total. The molecule has 9 heteroatoms. The van der Waals surface area contributed by atoms with E-state index in [-0.39, 0.29) is 5.56 Å². The van der Waals surface area contributed by atoms with Gasteiger partial charge in [-0.3, -0.25) is 0 Å². The fourth-order valence-electron chi connectivity index (χ4n) is 4.27. The number of nitriles is 2. The molecule has 1 aromatic carbocycles. The highest BCUT2D eigenvalue weighted by Crippen LogP contribution is 2.73. The van der Waals surface area contributed by atoms with Crippen molar-refractivity contribution in [2.45, 2.75) is 57.5 Å². The third-order valence-electron chi connectivity index (χ3n) is 6.35. The molecule has 2 bridgehead atoms. The predicted molar refractivity (Wildman–Crippen MR) is 85.1 cm³/mol. The molecular weight excluding hydrogens is 386 g/mol. The lowest BCUT2D eigenvalue weighted by molar-refractivity contribution is -0.429. The summed E-state index contributed by atoms with van der Waals surface area (Å²) in [5.41, 5.74) is -5.97. The minimum atomic E-state index is -5.01. The molecule has 3 saturated carbocycles. The zero-order valence-electron chi connectivity index (χ0n) is 15.1. The Morgan fingerprint density at radius 1 is 0.929 bits per heavy atom. The normalized spacial score (nSPS) is 30.4. The zero-order chi connectivity index (χ0) is 21.2. The fourth-order valence-corrected chi connectivity index (χ4v) is 4.27. The molecule has 150 valence electrons. The van der Waals surface area contributed by atoms with Crippen LogP contribution >= 0.6 is 0 Å². The highest BCUT2D eigenvalue weighted by molar-refractivity contribution is 5.57. The van der Waals surface area contributed by atoms with Crippen molar-refractivity contribution in [3.63, 3.8) is 0 Å². The minimum Gasteiger partial charge on any atom is -0.431 e. The van der Waals surface area contributed by atoms with Gasteiger partial charge in [0.15, 0.2) is 0 Å². The summed E-state index contributed by atoms with van der Waals surface area (Å²) >= 11 is 0. The number of halogens is 6. The molecule has 0 spiro atoms. The molecule has 0 N–H and O–H groups in total. The Bertz CT molecular complexity index is 904. The first-order chi connectivity index (χ1) is 12.8. The zero-order valence-corrected chi connectivity index (χ0v) is 15.1. The van der Waals surface area contributed by atoms with Crippen molar-refractivity contribution >= 4 is 0 Å². The number of benzene rings is 1. The van der Waals surface area contributed by atoms with Crippen molar-refractivity contribution in [1.82, 2.24) is 0 Å². The quantitative estimate of drug-likeness (QED) is 0.622. The van der Waals surface area contributed by atoms with Crippen LogP contribution in [0, 0.1) is 40.4 Å². The van der Waals surface area contributed by atoms with Crippen molar-refractivity contribution < 1.29 is 31.1 Å². The molecular formula is C19H16F6N2O. The van der Waals surface area contributed by atoms with Gasteiger partial charge in [0.1, 0.15) is 28.9 Å². The van der Waals surface area contributed by atoms with Gasteiger partial charge in [0.25, 0.3) is 0 Å². The molecule has 1 aromatic rings. The highest BCUT2D eigenvalue weighted by atomic mass is 19.3. The number of alkyl halides is 6. The summed E-state index contributed by atoms with van der Waals surface area (Å²) in [7, 11) is 0. The Hall–Kier alpha value is -2.42. The third-order valence-corrected chi connectivity index (χ3v) is 6.35. The van der Waals surface area contributed by atoms with Crippen molar-refractivity contribution in [2.24, 2.45) is 10.8 Å². The van der Waals surface area contributed by atoms with Gasteiger partial charge in [-0.1, -0.05) is 13.0 Å². The van der Waals surface area contributed by atoms with E-state index in [9.17, 15) is 22.8 Å². The van der Waals surface area contributed by atoms with Gasteiger partial charge >= 0.3 is 18.0 Å². The van der Waals surface area contributed by atoms with Gasteiger partial charge < -0.3 is 4.74 Å². The van der Waals surface area contributed by atoms with Gasteiger partial charge in [0, 0.05) is 5.41 Å². The maximum Gasteiger partial charge on any atom is 0.409 e. The first-order valence-electron chi connectivity index (χ1n) is 8.56. The first kappa shape index (κ1) is 20.3. The summed E-state index contributed by atoms with van der Waals surface area (Å²) in [5, 5.41) is 18.3. The topological polar surface area (TPSA) is 56.8 Å². The molecule has 0 amide bonds. The molecule has 3 aliphatic carbocycles. The van der Waals surface area contributed by atoms with E-state index >= 15 is 8.78 Å². The predicted octanol–water partition coefficient (Wildman–Crippen LogP) is 5.56. The standard InChI is InChI=1S/C19H16F6N2O/c1-11-3-4-14(13(10-27)12(11)9-26)28-19(24,25)16-7-5-15(2,6-8-16)17(20,21)18(16,22)23/h3-4H,5-8H2,1-2H3. The van der Waals surface area contributed by atoms with E-state index in [4.69, 9.17) is 5.26 Å². The van der Waals surface area contributed by atoms with Crippen LogP contribution in [-0.2, 0) is 0 Å². The molecule has 3 aliphatic rings. The Labute approximate surface area is 157 Å². The molecule has 0 heterocycles. The number of fused-ring (bicyclic) bond motifs is 3. The van der Waals surface area contributed by atoms with Crippen LogP contribution in [0.15, 0.2) is 12.1 Å². The van der Waals surface area contributed by atoms with Crippen LogP contribution in [0.3, 0.4) is 0 Å². The van der Waals surface area contributed by atoms with Crippen LogP contribution in [0.1, 0.15) is 49.3 Å². The molecule has 0 unspecified atom stereocenters. The largest absolute Gasteiger partial charge is 0.431 e. The second kappa shape index (κ2) is 5.79. The van der Waals surface area contributed by atoms with E-state index in [1.807, 2.05) is 0 Å². The van der Waals surface area contributed by atoms with Crippen molar-refractivity contribution in [3.8, 4) is 17.9 Å². The molecule has 3 fully saturated rings. The monoisotopic (exact) mass is 402 g/mol. The smallest absolute Gasteiger partial charge is 0.409 e. The Morgan fingerprint density at radius 3 is 1.96 bits per heavy atom. The van der Waals surface area contributed by atoms with E-state index < -0.39 is 65.8 Å². The van der Waals surface area contributed by atoms with Gasteiger partial charge in [0.2, 0.25) is 0 Å². The summed E-state index contributed by atoms with van der Waals surface area (Å²) in [4.78, 5) is 0. The van der Waals surface area contributed by atoms with Crippen molar-refractivity contribution in [1.29, 1.82) is 10.5 Å². The molecule has 0 atom stereocenters. The second-order valence-corrected chi connectivity index (χ2v) is 7.76. The van der Waals surface area contributed by atoms with E-state index in [1.54, 1.807) is 12.1 Å². The van der Waals surface area contributed by atoms with Gasteiger partial charge in [-0.15, -0.1) is 0 Å². The van der Waals surface area contributed by atoms with Gasteiger partial charge in [-0.25, -0.2) is 0 Å². The van der Waals surface area contributed by atoms with Crippen LogP contribution in [0.25, 0.3) is 0 Å². The number of aryl methyl sites for hydroxylation is 1. The van der Waals surface area contributed by atoms with Crippen LogP contribution in [0.4, 0.5) is 26.3 Å². The third kappa shape index (κ3) is 2.22. The Morgan fingerprint density at radius 2 is 1.46 bits per heavy atom. The van der Waals surface area contributed by atoms with Crippen molar-refractivity contribution in [3.05, 3.63) is 28.8 Å². The maximum absolute atomic E-state index is 15.1. The highest BCUT2D eigenvalue weighted by Gasteiger charge is 2.86. The molecule has 28 heavy (non-hydrogen) atoms. The Kier molecular flexibility index (Phi) is 4.20. The summed E-state index contributed by atoms with van der Waals surface area (Å²) in [6, 6.07) is 5.38. The lowest BCUT2D eigenvalue weighted by Crippen LogP contribution is -2.74. The lowest BCUT2D eigenvalue weighted by Gasteiger charge is -2.60. The average molecular weight is 402 g/mol. The Balaban J connectivity index is 2.10. The fraction of sp³-hybridized carbons (Fsp3) is 0.579.